The quantitative estimate of drug-likeness (QED) is 0.507. The summed E-state index contributed by atoms with van der Waals surface area (Å²) in [5.41, 5.74) is -1.05. The van der Waals surface area contributed by atoms with Gasteiger partial charge in [-0.3, -0.25) is 14.9 Å². The molecule has 4 rings (SSSR count). The summed E-state index contributed by atoms with van der Waals surface area (Å²) in [7, 11) is 0. The van der Waals surface area contributed by atoms with Crippen LogP contribution in [0.1, 0.15) is 29.5 Å². The van der Waals surface area contributed by atoms with Crippen LogP contribution >= 0.6 is 11.3 Å². The zero-order valence-electron chi connectivity index (χ0n) is 14.8. The van der Waals surface area contributed by atoms with Crippen LogP contribution in [0.3, 0.4) is 0 Å². The predicted octanol–water partition coefficient (Wildman–Crippen LogP) is 3.69. The molecule has 2 aromatic heterocycles. The number of alkyl halides is 3. The average Bonchev–Trinajstić information content (AvgIpc) is 3.18. The lowest BCUT2D eigenvalue weighted by molar-refractivity contribution is -0.384. The van der Waals surface area contributed by atoms with Crippen LogP contribution in [0.25, 0.3) is 10.9 Å². The minimum absolute atomic E-state index is 0.103. The molecule has 1 N–H and O–H groups in total. The number of nitrogens with zero attached hydrogens (tertiary/aromatic N) is 4. The summed E-state index contributed by atoms with van der Waals surface area (Å²) in [6.07, 6.45) is -2.00. The number of fused-ring (bicyclic) bond motifs is 1. The first-order valence-electron chi connectivity index (χ1n) is 8.67. The van der Waals surface area contributed by atoms with E-state index < -0.39 is 22.4 Å². The van der Waals surface area contributed by atoms with Gasteiger partial charge in [0.05, 0.1) is 27.2 Å². The lowest BCUT2D eigenvalue weighted by atomic mass is 9.97. The maximum atomic E-state index is 12.9. The highest BCUT2D eigenvalue weighted by molar-refractivity contribution is 7.09. The van der Waals surface area contributed by atoms with E-state index in [9.17, 15) is 28.1 Å². The van der Waals surface area contributed by atoms with E-state index in [1.165, 1.54) is 18.5 Å². The molecule has 1 fully saturated rings. The van der Waals surface area contributed by atoms with Crippen molar-refractivity contribution in [1.29, 1.82) is 0 Å². The molecule has 0 bridgehead atoms. The van der Waals surface area contributed by atoms with E-state index in [1.54, 1.807) is 4.90 Å². The van der Waals surface area contributed by atoms with Crippen LogP contribution in [0.2, 0.25) is 0 Å². The van der Waals surface area contributed by atoms with Gasteiger partial charge in [0.2, 0.25) is 0 Å². The molecule has 1 aromatic carbocycles. The zero-order valence-corrected chi connectivity index (χ0v) is 15.6. The monoisotopic (exact) mass is 425 g/mol. The first-order chi connectivity index (χ1) is 13.7. The fourth-order valence-corrected chi connectivity index (χ4v) is 4.45. The van der Waals surface area contributed by atoms with Crippen LogP contribution in [-0.4, -0.2) is 33.0 Å². The minimum atomic E-state index is -4.50. The molecule has 1 atom stereocenters. The molecule has 0 aliphatic carbocycles. The van der Waals surface area contributed by atoms with Crippen LogP contribution < -0.4 is 10.5 Å². The van der Waals surface area contributed by atoms with Crippen molar-refractivity contribution in [3.05, 3.63) is 55.0 Å². The Labute approximate surface area is 165 Å². The zero-order chi connectivity index (χ0) is 20.8. The van der Waals surface area contributed by atoms with E-state index in [2.05, 4.69) is 15.0 Å². The highest BCUT2D eigenvalue weighted by Crippen LogP contribution is 2.38. The minimum Gasteiger partial charge on any atom is -0.365 e. The topological polar surface area (TPSA) is 105 Å². The fraction of sp³-hybridized carbons (Fsp3) is 0.353. The molecule has 152 valence electrons. The maximum Gasteiger partial charge on any atom is 0.434 e. The molecular formula is C17H14F3N5O3S. The van der Waals surface area contributed by atoms with Gasteiger partial charge < -0.3 is 9.88 Å². The number of nitrogens with one attached hydrogen (secondary N) is 1. The number of rotatable bonds is 3. The van der Waals surface area contributed by atoms with E-state index in [4.69, 9.17) is 0 Å². The number of aromatic amines is 1. The van der Waals surface area contributed by atoms with Gasteiger partial charge in [-0.15, -0.1) is 11.3 Å². The first kappa shape index (κ1) is 19.3. The molecule has 0 radical (unpaired) electrons. The van der Waals surface area contributed by atoms with E-state index in [-0.39, 0.29) is 22.7 Å². The second-order valence-electron chi connectivity index (χ2n) is 6.70. The Kier molecular flexibility index (Phi) is 4.73. The van der Waals surface area contributed by atoms with Crippen LogP contribution in [-0.2, 0) is 6.18 Å². The molecule has 0 spiro atoms. The molecule has 12 heteroatoms. The van der Waals surface area contributed by atoms with Gasteiger partial charge in [0, 0.05) is 30.5 Å². The highest BCUT2D eigenvalue weighted by Gasteiger charge is 2.35. The molecule has 8 nitrogen and oxygen atoms in total. The number of hydrogen-bond donors (Lipinski definition) is 1. The third-order valence-corrected chi connectivity index (χ3v) is 5.86. The van der Waals surface area contributed by atoms with Gasteiger partial charge >= 0.3 is 6.18 Å². The summed E-state index contributed by atoms with van der Waals surface area (Å²) < 4.78 is 38.6. The van der Waals surface area contributed by atoms with Gasteiger partial charge in [-0.2, -0.15) is 13.2 Å². The van der Waals surface area contributed by atoms with E-state index in [0.717, 1.165) is 16.7 Å². The summed E-state index contributed by atoms with van der Waals surface area (Å²) in [6, 6.07) is 2.67. The molecule has 1 aliphatic rings. The number of hydrogen-bond acceptors (Lipinski definition) is 7. The number of nitro groups is 1. The molecule has 3 aromatic rings. The Balaban J connectivity index is 1.70. The number of benzene rings is 1. The predicted molar refractivity (Wildman–Crippen MR) is 100 cm³/mol. The van der Waals surface area contributed by atoms with E-state index >= 15 is 0 Å². The van der Waals surface area contributed by atoms with Crippen LogP contribution in [0.4, 0.5) is 24.5 Å². The lowest BCUT2D eigenvalue weighted by Crippen LogP contribution is -2.34. The van der Waals surface area contributed by atoms with E-state index in [0.29, 0.717) is 36.5 Å². The number of aromatic nitrogens is 3. The molecular weight excluding hydrogens is 411 g/mol. The van der Waals surface area contributed by atoms with Crippen LogP contribution in [0.15, 0.2) is 28.6 Å². The summed E-state index contributed by atoms with van der Waals surface area (Å²) in [6.45, 7) is 0.796. The third kappa shape index (κ3) is 3.67. The van der Waals surface area contributed by atoms with Crippen LogP contribution in [0.5, 0.6) is 0 Å². The molecule has 1 saturated heterocycles. The summed E-state index contributed by atoms with van der Waals surface area (Å²) >= 11 is 0.946. The summed E-state index contributed by atoms with van der Waals surface area (Å²) in [5, 5.41) is 13.0. The molecule has 3 heterocycles. The Morgan fingerprint density at radius 2 is 2.14 bits per heavy atom. The van der Waals surface area contributed by atoms with Gasteiger partial charge in [-0.1, -0.05) is 0 Å². The molecule has 29 heavy (non-hydrogen) atoms. The Bertz CT molecular complexity index is 1140. The normalized spacial score (nSPS) is 17.6. The molecule has 1 unspecified atom stereocenters. The first-order valence-corrected chi connectivity index (χ1v) is 9.55. The lowest BCUT2D eigenvalue weighted by Gasteiger charge is -2.33. The molecule has 0 saturated carbocycles. The molecule has 1 aliphatic heterocycles. The standard InChI is InChI=1S/C17H14F3N5O3S/c18-17(19,20)14-7-29-16(23-14)9-2-1-3-24(6-9)12-5-11-10(4-13(12)25(27)28)15(26)22-8-21-11/h4-5,7-9H,1-3,6H2,(H,21,22,26). The van der Waals surface area contributed by atoms with Gasteiger partial charge in [0.25, 0.3) is 11.2 Å². The highest BCUT2D eigenvalue weighted by atomic mass is 32.1. The third-order valence-electron chi connectivity index (χ3n) is 4.86. The largest absolute Gasteiger partial charge is 0.434 e. The number of nitro benzene ring substituents is 1. The number of H-pyrrole nitrogens is 1. The van der Waals surface area contributed by atoms with Gasteiger partial charge in [0.1, 0.15) is 5.69 Å². The van der Waals surface area contributed by atoms with Crippen molar-refractivity contribution in [3.8, 4) is 0 Å². The van der Waals surface area contributed by atoms with Crippen molar-refractivity contribution in [2.75, 3.05) is 18.0 Å². The van der Waals surface area contributed by atoms with Gasteiger partial charge in [-0.25, -0.2) is 9.97 Å². The van der Waals surface area contributed by atoms with Crippen molar-refractivity contribution >= 4 is 33.6 Å². The number of halogens is 3. The Morgan fingerprint density at radius 1 is 1.34 bits per heavy atom. The second-order valence-corrected chi connectivity index (χ2v) is 7.59. The number of anilines is 1. The average molecular weight is 425 g/mol. The maximum absolute atomic E-state index is 12.9. The number of thiazole rings is 1. The van der Waals surface area contributed by atoms with Crippen molar-refractivity contribution in [2.24, 2.45) is 0 Å². The van der Waals surface area contributed by atoms with Crippen molar-refractivity contribution in [3.63, 3.8) is 0 Å². The van der Waals surface area contributed by atoms with Crippen molar-refractivity contribution in [1.82, 2.24) is 15.0 Å². The van der Waals surface area contributed by atoms with Gasteiger partial charge in [0.15, 0.2) is 5.69 Å². The summed E-state index contributed by atoms with van der Waals surface area (Å²) in [4.78, 5) is 34.9. The fourth-order valence-electron chi connectivity index (χ4n) is 3.50. The smallest absolute Gasteiger partial charge is 0.365 e. The second kappa shape index (κ2) is 7.10. The Hall–Kier alpha value is -3.02. The Morgan fingerprint density at radius 3 is 2.83 bits per heavy atom. The van der Waals surface area contributed by atoms with E-state index in [1.807, 2.05) is 0 Å². The van der Waals surface area contributed by atoms with Gasteiger partial charge in [-0.05, 0) is 18.9 Å². The van der Waals surface area contributed by atoms with Crippen LogP contribution in [0, 0.1) is 10.1 Å². The summed E-state index contributed by atoms with van der Waals surface area (Å²) in [5.74, 6) is -0.271. The van der Waals surface area contributed by atoms with Crippen molar-refractivity contribution in [2.45, 2.75) is 24.9 Å². The molecule has 0 amide bonds. The van der Waals surface area contributed by atoms with Crippen molar-refractivity contribution < 1.29 is 18.1 Å². The number of piperidine rings is 1. The SMILES string of the molecule is O=c1[nH]cnc2cc(N3CCCC(c4nc(C(F)(F)F)cs4)C3)c([N+](=O)[O-])cc12.